The third kappa shape index (κ3) is 1.07. The Morgan fingerprint density at radius 3 is 2.69 bits per heavy atom. The largest absolute Gasteiger partial charge is 0.313 e. The van der Waals surface area contributed by atoms with Gasteiger partial charge in [0, 0.05) is 12.0 Å². The van der Waals surface area contributed by atoms with E-state index in [4.69, 9.17) is 0 Å². The molecule has 0 unspecified atom stereocenters. The van der Waals surface area contributed by atoms with Crippen LogP contribution in [0.25, 0.3) is 0 Å². The Kier molecular flexibility index (Phi) is 1.53. The molecule has 0 fully saturated rings. The highest BCUT2D eigenvalue weighted by Crippen LogP contribution is 2.35. The molecule has 1 aliphatic carbocycles. The molecule has 0 amide bonds. The average Bonchev–Trinajstić information content (AvgIpc) is 2.28. The first kappa shape index (κ1) is 8.35. The Morgan fingerprint density at radius 2 is 2.08 bits per heavy atom. The summed E-state index contributed by atoms with van der Waals surface area (Å²) in [7, 11) is 0. The minimum Gasteiger partial charge on any atom is -0.287 e. The summed E-state index contributed by atoms with van der Waals surface area (Å²) in [6.07, 6.45) is -0.437. The van der Waals surface area contributed by atoms with Gasteiger partial charge in [0.2, 0.25) is 5.78 Å². The number of hydrogen-bond donors (Lipinski definition) is 0. The van der Waals surface area contributed by atoms with Crippen LogP contribution in [-0.2, 0) is 6.42 Å². The second-order valence-electron chi connectivity index (χ2n) is 3.31. The van der Waals surface area contributed by atoms with Crippen LogP contribution in [0, 0.1) is 6.92 Å². The molecule has 0 N–H and O–H groups in total. The van der Waals surface area contributed by atoms with Gasteiger partial charge in [-0.3, -0.25) is 4.79 Å². The summed E-state index contributed by atoms with van der Waals surface area (Å²) in [4.78, 5) is 11.1. The van der Waals surface area contributed by atoms with E-state index in [0.29, 0.717) is 5.56 Å². The maximum absolute atomic E-state index is 13.0. The van der Waals surface area contributed by atoms with E-state index < -0.39 is 18.1 Å². The van der Waals surface area contributed by atoms with Gasteiger partial charge in [0.25, 0.3) is 0 Å². The summed E-state index contributed by atoms with van der Waals surface area (Å²) in [6, 6.07) is 4.84. The molecule has 0 spiro atoms. The Balaban J connectivity index is 2.63. The van der Waals surface area contributed by atoms with Crippen molar-refractivity contribution in [1.82, 2.24) is 0 Å². The summed E-state index contributed by atoms with van der Waals surface area (Å²) < 4.78 is 25.9. The van der Waals surface area contributed by atoms with Gasteiger partial charge in [-0.1, -0.05) is 18.2 Å². The van der Waals surface area contributed by atoms with Crippen molar-refractivity contribution >= 4 is 5.78 Å². The molecule has 0 bridgehead atoms. The minimum atomic E-state index is -3.19. The normalized spacial score (nSPS) is 18.8. The molecule has 1 aliphatic rings. The van der Waals surface area contributed by atoms with E-state index >= 15 is 0 Å². The van der Waals surface area contributed by atoms with Crippen molar-refractivity contribution in [3.63, 3.8) is 0 Å². The predicted octanol–water partition coefficient (Wildman–Crippen LogP) is 2.37. The van der Waals surface area contributed by atoms with E-state index in [1.807, 2.05) is 0 Å². The summed E-state index contributed by atoms with van der Waals surface area (Å²) in [5.41, 5.74) is 1.45. The predicted molar refractivity (Wildman–Crippen MR) is 44.2 cm³/mol. The molecular formula is C10H8F2O. The highest BCUT2D eigenvalue weighted by Gasteiger charge is 2.46. The second-order valence-corrected chi connectivity index (χ2v) is 3.31. The Morgan fingerprint density at radius 1 is 1.38 bits per heavy atom. The van der Waals surface area contributed by atoms with Gasteiger partial charge in [-0.25, -0.2) is 0 Å². The van der Waals surface area contributed by atoms with Crippen molar-refractivity contribution in [2.75, 3.05) is 0 Å². The summed E-state index contributed by atoms with van der Waals surface area (Å²) in [6.45, 7) is 1.74. The highest BCUT2D eigenvalue weighted by molar-refractivity contribution is 6.06. The first-order valence-electron chi connectivity index (χ1n) is 4.03. The van der Waals surface area contributed by atoms with Crippen molar-refractivity contribution in [2.45, 2.75) is 19.3 Å². The lowest BCUT2D eigenvalue weighted by molar-refractivity contribution is 0.0167. The molecule has 0 atom stereocenters. The third-order valence-electron chi connectivity index (χ3n) is 2.39. The molecule has 1 aromatic rings. The van der Waals surface area contributed by atoms with Crippen molar-refractivity contribution in [1.29, 1.82) is 0 Å². The Bertz CT molecular complexity index is 383. The molecule has 0 radical (unpaired) electrons. The van der Waals surface area contributed by atoms with Gasteiger partial charge in [-0.05, 0) is 18.1 Å². The van der Waals surface area contributed by atoms with Crippen molar-refractivity contribution in [2.24, 2.45) is 0 Å². The standard InChI is InChI=1S/C10H8F2O/c1-6-3-2-4-7-8(6)5-10(11,12)9(7)13/h2-4H,5H2,1H3. The van der Waals surface area contributed by atoms with Gasteiger partial charge in [0.1, 0.15) is 0 Å². The maximum Gasteiger partial charge on any atom is 0.313 e. The van der Waals surface area contributed by atoms with Gasteiger partial charge >= 0.3 is 5.92 Å². The lowest BCUT2D eigenvalue weighted by Crippen LogP contribution is -2.23. The molecular weight excluding hydrogens is 174 g/mol. The molecule has 13 heavy (non-hydrogen) atoms. The topological polar surface area (TPSA) is 17.1 Å². The van der Waals surface area contributed by atoms with E-state index in [9.17, 15) is 13.6 Å². The maximum atomic E-state index is 13.0. The van der Waals surface area contributed by atoms with Crippen LogP contribution in [0.1, 0.15) is 21.5 Å². The lowest BCUT2D eigenvalue weighted by atomic mass is 10.1. The molecule has 0 saturated heterocycles. The molecule has 1 nitrogen and oxygen atoms in total. The van der Waals surface area contributed by atoms with E-state index in [0.717, 1.165) is 5.56 Å². The van der Waals surface area contributed by atoms with Gasteiger partial charge in [0.15, 0.2) is 0 Å². The van der Waals surface area contributed by atoms with Gasteiger partial charge in [-0.2, -0.15) is 8.78 Å². The Hall–Kier alpha value is -1.25. The molecule has 68 valence electrons. The van der Waals surface area contributed by atoms with E-state index in [1.54, 1.807) is 19.1 Å². The number of halogens is 2. The number of hydrogen-bond acceptors (Lipinski definition) is 1. The molecule has 0 saturated carbocycles. The zero-order valence-corrected chi connectivity index (χ0v) is 7.10. The minimum absolute atomic E-state index is 0.185. The molecule has 0 aliphatic heterocycles. The van der Waals surface area contributed by atoms with E-state index in [2.05, 4.69) is 0 Å². The number of fused-ring (bicyclic) bond motifs is 1. The second kappa shape index (κ2) is 2.37. The smallest absolute Gasteiger partial charge is 0.287 e. The zero-order chi connectivity index (χ0) is 9.64. The molecule has 0 heterocycles. The summed E-state index contributed by atoms with van der Waals surface area (Å²) >= 11 is 0. The van der Waals surface area contributed by atoms with Crippen LogP contribution in [0.15, 0.2) is 18.2 Å². The lowest BCUT2D eigenvalue weighted by Gasteiger charge is -2.03. The summed E-state index contributed by atoms with van der Waals surface area (Å²) in [5.74, 6) is -4.22. The van der Waals surface area contributed by atoms with Crippen LogP contribution >= 0.6 is 0 Å². The molecule has 0 aromatic heterocycles. The molecule has 3 heteroatoms. The fraction of sp³-hybridized carbons (Fsp3) is 0.300. The highest BCUT2D eigenvalue weighted by atomic mass is 19.3. The number of carbonyl (C=O) groups is 1. The quantitative estimate of drug-likeness (QED) is 0.602. The number of ketones is 1. The third-order valence-corrected chi connectivity index (χ3v) is 2.39. The van der Waals surface area contributed by atoms with Crippen LogP contribution in [0.3, 0.4) is 0 Å². The fourth-order valence-corrected chi connectivity index (χ4v) is 1.65. The first-order valence-corrected chi connectivity index (χ1v) is 4.03. The van der Waals surface area contributed by atoms with E-state index in [1.165, 1.54) is 6.07 Å². The number of benzene rings is 1. The van der Waals surface area contributed by atoms with Crippen molar-refractivity contribution < 1.29 is 13.6 Å². The fourth-order valence-electron chi connectivity index (χ4n) is 1.65. The van der Waals surface area contributed by atoms with Crippen molar-refractivity contribution in [3.8, 4) is 0 Å². The molecule has 2 rings (SSSR count). The van der Waals surface area contributed by atoms with Crippen LogP contribution in [0.2, 0.25) is 0 Å². The number of alkyl halides is 2. The number of rotatable bonds is 0. The van der Waals surface area contributed by atoms with Crippen LogP contribution in [-0.4, -0.2) is 11.7 Å². The monoisotopic (exact) mass is 182 g/mol. The van der Waals surface area contributed by atoms with Crippen LogP contribution < -0.4 is 0 Å². The van der Waals surface area contributed by atoms with Crippen LogP contribution in [0.4, 0.5) is 8.78 Å². The molecule has 1 aromatic carbocycles. The van der Waals surface area contributed by atoms with Gasteiger partial charge in [0.05, 0.1) is 0 Å². The number of aryl methyl sites for hydroxylation is 1. The van der Waals surface area contributed by atoms with Crippen LogP contribution in [0.5, 0.6) is 0 Å². The van der Waals surface area contributed by atoms with Crippen molar-refractivity contribution in [3.05, 3.63) is 34.9 Å². The van der Waals surface area contributed by atoms with Gasteiger partial charge in [-0.15, -0.1) is 0 Å². The zero-order valence-electron chi connectivity index (χ0n) is 7.10. The average molecular weight is 182 g/mol. The van der Waals surface area contributed by atoms with Gasteiger partial charge < -0.3 is 0 Å². The Labute approximate surface area is 74.4 Å². The first-order chi connectivity index (χ1) is 6.02. The SMILES string of the molecule is Cc1cccc2c1CC(F)(F)C2=O. The number of Topliss-reactive ketones (excluding diaryl/α,β-unsaturated/α-hetero) is 1. The summed E-state index contributed by atoms with van der Waals surface area (Å²) in [5, 5.41) is 0. The number of carbonyl (C=O) groups excluding carboxylic acids is 1. The van der Waals surface area contributed by atoms with E-state index in [-0.39, 0.29) is 5.56 Å².